The Hall–Kier alpha value is -0.770. The van der Waals surface area contributed by atoms with Crippen LogP contribution in [-0.2, 0) is 11.5 Å². The second kappa shape index (κ2) is 2.12. The van der Waals surface area contributed by atoms with Gasteiger partial charge in [-0.25, -0.2) is 5.10 Å². The van der Waals surface area contributed by atoms with Crippen molar-refractivity contribution in [2.75, 3.05) is 0 Å². The Morgan fingerprint density at radius 2 is 2.50 bits per heavy atom. The van der Waals surface area contributed by atoms with Gasteiger partial charge in [0.15, 0.2) is 0 Å². The molecule has 1 aliphatic rings. The topological polar surface area (TPSA) is 45.8 Å². The number of rotatable bonds is 0. The summed E-state index contributed by atoms with van der Waals surface area (Å²) in [5.41, 5.74) is 2.03. The van der Waals surface area contributed by atoms with Crippen LogP contribution in [0.15, 0.2) is 10.9 Å². The Labute approximate surface area is 61.8 Å². The standard InChI is InChI=1S/C6H6N2OS/c9-6-1-4-2-10-3-5(4)7-8-6/h1H,2-3H2,(H,8,9). The number of hydrogen-bond donors (Lipinski definition) is 1. The lowest BCUT2D eigenvalue weighted by molar-refractivity contribution is 0.929. The van der Waals surface area contributed by atoms with Gasteiger partial charge in [-0.15, -0.1) is 0 Å². The first kappa shape index (κ1) is 5.97. The number of hydrogen-bond acceptors (Lipinski definition) is 3. The molecule has 2 heterocycles. The number of aromatic amines is 1. The van der Waals surface area contributed by atoms with Gasteiger partial charge < -0.3 is 0 Å². The molecule has 0 amide bonds. The molecule has 1 aromatic heterocycles. The highest BCUT2D eigenvalue weighted by Crippen LogP contribution is 2.25. The molecule has 3 nitrogen and oxygen atoms in total. The van der Waals surface area contributed by atoms with Crippen LogP contribution < -0.4 is 5.56 Å². The maximum atomic E-state index is 10.7. The van der Waals surface area contributed by atoms with E-state index in [9.17, 15) is 4.79 Å². The minimum absolute atomic E-state index is 0.0961. The van der Waals surface area contributed by atoms with Crippen LogP contribution in [0.25, 0.3) is 0 Å². The third-order valence-corrected chi connectivity index (χ3v) is 2.47. The van der Waals surface area contributed by atoms with E-state index < -0.39 is 0 Å². The lowest BCUT2D eigenvalue weighted by Gasteiger charge is -1.90. The van der Waals surface area contributed by atoms with Crippen molar-refractivity contribution in [3.8, 4) is 0 Å². The van der Waals surface area contributed by atoms with Crippen molar-refractivity contribution in [2.24, 2.45) is 0 Å². The van der Waals surface area contributed by atoms with E-state index in [0.717, 1.165) is 22.8 Å². The van der Waals surface area contributed by atoms with Gasteiger partial charge in [0.2, 0.25) is 0 Å². The van der Waals surface area contributed by atoms with Crippen LogP contribution in [0.1, 0.15) is 11.3 Å². The van der Waals surface area contributed by atoms with Gasteiger partial charge in [0.25, 0.3) is 5.56 Å². The molecule has 2 rings (SSSR count). The highest BCUT2D eigenvalue weighted by molar-refractivity contribution is 7.98. The second-order valence-electron chi connectivity index (χ2n) is 2.20. The summed E-state index contributed by atoms with van der Waals surface area (Å²) in [6.45, 7) is 0. The van der Waals surface area contributed by atoms with E-state index in [2.05, 4.69) is 10.2 Å². The molecule has 1 aromatic rings. The van der Waals surface area contributed by atoms with Crippen molar-refractivity contribution in [2.45, 2.75) is 11.5 Å². The molecular weight excluding hydrogens is 148 g/mol. The third kappa shape index (κ3) is 0.844. The molecule has 0 aliphatic carbocycles. The van der Waals surface area contributed by atoms with Crippen molar-refractivity contribution < 1.29 is 0 Å². The third-order valence-electron chi connectivity index (χ3n) is 1.47. The molecule has 52 valence electrons. The Balaban J connectivity index is 2.63. The van der Waals surface area contributed by atoms with E-state index in [0.29, 0.717) is 0 Å². The first-order valence-corrected chi connectivity index (χ1v) is 4.17. The summed E-state index contributed by atoms with van der Waals surface area (Å²) in [6.07, 6.45) is 0. The summed E-state index contributed by atoms with van der Waals surface area (Å²) in [4.78, 5) is 10.7. The van der Waals surface area contributed by atoms with Gasteiger partial charge in [-0.2, -0.15) is 16.9 Å². The number of nitrogens with one attached hydrogen (secondary N) is 1. The molecule has 0 radical (unpaired) electrons. The summed E-state index contributed by atoms with van der Waals surface area (Å²) < 4.78 is 0. The number of nitrogens with zero attached hydrogens (tertiary/aromatic N) is 1. The van der Waals surface area contributed by atoms with Crippen molar-refractivity contribution in [3.63, 3.8) is 0 Å². The average molecular weight is 154 g/mol. The maximum absolute atomic E-state index is 10.7. The van der Waals surface area contributed by atoms with Crippen molar-refractivity contribution >= 4 is 11.8 Å². The molecule has 0 saturated heterocycles. The van der Waals surface area contributed by atoms with Gasteiger partial charge in [-0.1, -0.05) is 0 Å². The predicted octanol–water partition coefficient (Wildman–Crippen LogP) is 0.517. The highest BCUT2D eigenvalue weighted by Gasteiger charge is 2.11. The minimum atomic E-state index is -0.0961. The van der Waals surface area contributed by atoms with Crippen LogP contribution in [0.4, 0.5) is 0 Å². The molecule has 1 N–H and O–H groups in total. The van der Waals surface area contributed by atoms with Gasteiger partial charge in [0, 0.05) is 17.6 Å². The lowest BCUT2D eigenvalue weighted by Crippen LogP contribution is -2.08. The van der Waals surface area contributed by atoms with Crippen LogP contribution >= 0.6 is 11.8 Å². The van der Waals surface area contributed by atoms with Crippen LogP contribution in [0, 0.1) is 0 Å². The van der Waals surface area contributed by atoms with Crippen LogP contribution in [0.5, 0.6) is 0 Å². The Kier molecular flexibility index (Phi) is 1.27. The average Bonchev–Trinajstić information content (AvgIpc) is 2.33. The molecule has 0 spiro atoms. The van der Waals surface area contributed by atoms with Gasteiger partial charge >= 0.3 is 0 Å². The van der Waals surface area contributed by atoms with Crippen LogP contribution in [0.3, 0.4) is 0 Å². The Bertz CT molecular complexity index is 307. The fourth-order valence-electron chi connectivity index (χ4n) is 0.976. The minimum Gasteiger partial charge on any atom is -0.268 e. The second-order valence-corrected chi connectivity index (χ2v) is 3.18. The smallest absolute Gasteiger partial charge is 0.264 e. The first-order valence-electron chi connectivity index (χ1n) is 3.01. The zero-order chi connectivity index (χ0) is 6.97. The van der Waals surface area contributed by atoms with E-state index in [1.54, 1.807) is 17.8 Å². The molecule has 0 atom stereocenters. The molecule has 0 unspecified atom stereocenters. The Morgan fingerprint density at radius 3 is 3.40 bits per heavy atom. The fraction of sp³-hybridized carbons (Fsp3) is 0.333. The van der Waals surface area contributed by atoms with Crippen molar-refractivity contribution in [1.82, 2.24) is 10.2 Å². The van der Waals surface area contributed by atoms with Gasteiger partial charge in [0.05, 0.1) is 5.69 Å². The molecule has 4 heteroatoms. The monoisotopic (exact) mass is 154 g/mol. The summed E-state index contributed by atoms with van der Waals surface area (Å²) in [5, 5.41) is 6.31. The molecule has 0 aromatic carbocycles. The quantitative estimate of drug-likeness (QED) is 0.592. The van der Waals surface area contributed by atoms with Crippen molar-refractivity contribution in [1.29, 1.82) is 0 Å². The van der Waals surface area contributed by atoms with Crippen LogP contribution in [0.2, 0.25) is 0 Å². The summed E-state index contributed by atoms with van der Waals surface area (Å²) >= 11 is 1.79. The zero-order valence-corrected chi connectivity index (χ0v) is 6.07. The van der Waals surface area contributed by atoms with E-state index in [4.69, 9.17) is 0 Å². The number of H-pyrrole nitrogens is 1. The van der Waals surface area contributed by atoms with Gasteiger partial charge in [-0.05, 0) is 5.56 Å². The maximum Gasteiger partial charge on any atom is 0.264 e. The zero-order valence-electron chi connectivity index (χ0n) is 5.26. The Morgan fingerprint density at radius 1 is 1.60 bits per heavy atom. The molecule has 0 fully saturated rings. The normalized spacial score (nSPS) is 15.2. The van der Waals surface area contributed by atoms with Crippen molar-refractivity contribution in [3.05, 3.63) is 27.7 Å². The van der Waals surface area contributed by atoms with Crippen LogP contribution in [-0.4, -0.2) is 10.2 Å². The van der Waals surface area contributed by atoms with E-state index >= 15 is 0 Å². The molecule has 0 bridgehead atoms. The molecule has 0 saturated carbocycles. The number of thioether (sulfide) groups is 1. The van der Waals surface area contributed by atoms with E-state index in [1.165, 1.54) is 0 Å². The SMILES string of the molecule is O=c1cc2c(n[nH]1)CSC2. The summed E-state index contributed by atoms with van der Waals surface area (Å²) in [6, 6.07) is 1.63. The largest absolute Gasteiger partial charge is 0.268 e. The molecule has 1 aliphatic heterocycles. The molecule has 10 heavy (non-hydrogen) atoms. The fourth-order valence-corrected chi connectivity index (χ4v) is 1.99. The summed E-state index contributed by atoms with van der Waals surface area (Å²) in [5.74, 6) is 1.87. The van der Waals surface area contributed by atoms with E-state index in [-0.39, 0.29) is 5.56 Å². The first-order chi connectivity index (χ1) is 4.86. The highest BCUT2D eigenvalue weighted by atomic mass is 32.2. The lowest BCUT2D eigenvalue weighted by atomic mass is 10.3. The van der Waals surface area contributed by atoms with Gasteiger partial charge in [0.1, 0.15) is 0 Å². The summed E-state index contributed by atoms with van der Waals surface area (Å²) in [7, 11) is 0. The predicted molar refractivity (Wildman–Crippen MR) is 39.9 cm³/mol. The van der Waals surface area contributed by atoms with E-state index in [1.807, 2.05) is 0 Å². The number of fused-ring (bicyclic) bond motifs is 1. The molecular formula is C6H6N2OS. The number of aromatic nitrogens is 2. The van der Waals surface area contributed by atoms with Gasteiger partial charge in [-0.3, -0.25) is 4.79 Å².